The number of nitrogens with zero attached hydrogens (tertiary/aromatic N) is 2. The summed E-state index contributed by atoms with van der Waals surface area (Å²) < 4.78 is 1.09. The Morgan fingerprint density at radius 2 is 2.00 bits per heavy atom. The number of aryl methyl sites for hydroxylation is 1. The van der Waals surface area contributed by atoms with Gasteiger partial charge in [-0.25, -0.2) is 9.97 Å². The lowest BCUT2D eigenvalue weighted by molar-refractivity contribution is 0.998. The van der Waals surface area contributed by atoms with E-state index >= 15 is 0 Å². The number of hydrogen-bond donors (Lipinski definition) is 1. The molecule has 0 spiro atoms. The maximum Gasteiger partial charge on any atom is 0.161 e. The molecule has 0 aliphatic heterocycles. The van der Waals surface area contributed by atoms with Crippen molar-refractivity contribution in [3.8, 4) is 11.4 Å². The lowest BCUT2D eigenvalue weighted by atomic mass is 10.1. The summed E-state index contributed by atoms with van der Waals surface area (Å²) in [5.74, 6) is 1.88. The SMILES string of the molecule is Cc1cc(-c2nc(N)cc(C3CC3)n2)ccc1Br. The predicted molar refractivity (Wildman–Crippen MR) is 76.3 cm³/mol. The Bertz CT molecular complexity index is 606. The number of anilines is 1. The second-order valence-corrected chi connectivity index (χ2v) is 5.63. The lowest BCUT2D eigenvalue weighted by Gasteiger charge is -2.06. The minimum Gasteiger partial charge on any atom is -0.384 e. The maximum atomic E-state index is 5.87. The van der Waals surface area contributed by atoms with Crippen LogP contribution in [-0.4, -0.2) is 9.97 Å². The normalized spacial score (nSPS) is 14.8. The minimum absolute atomic E-state index is 0.558. The number of nitrogens with two attached hydrogens (primary N) is 1. The summed E-state index contributed by atoms with van der Waals surface area (Å²) in [6.07, 6.45) is 2.44. The molecule has 1 aromatic heterocycles. The van der Waals surface area contributed by atoms with Crippen LogP contribution in [0.3, 0.4) is 0 Å². The van der Waals surface area contributed by atoms with Gasteiger partial charge < -0.3 is 5.73 Å². The van der Waals surface area contributed by atoms with Crippen LogP contribution in [0.5, 0.6) is 0 Å². The summed E-state index contributed by atoms with van der Waals surface area (Å²) in [6, 6.07) is 8.01. The van der Waals surface area contributed by atoms with Crippen LogP contribution in [0.4, 0.5) is 5.82 Å². The van der Waals surface area contributed by atoms with Gasteiger partial charge in [0.2, 0.25) is 0 Å². The molecule has 0 radical (unpaired) electrons. The van der Waals surface area contributed by atoms with Crippen molar-refractivity contribution in [2.24, 2.45) is 0 Å². The Balaban J connectivity index is 2.07. The highest BCUT2D eigenvalue weighted by Gasteiger charge is 2.26. The third-order valence-electron chi connectivity index (χ3n) is 3.18. The Morgan fingerprint density at radius 3 is 2.67 bits per heavy atom. The van der Waals surface area contributed by atoms with Gasteiger partial charge in [-0.05, 0) is 37.5 Å². The first kappa shape index (κ1) is 11.7. The number of rotatable bonds is 2. The van der Waals surface area contributed by atoms with Gasteiger partial charge in [-0.1, -0.05) is 22.0 Å². The van der Waals surface area contributed by atoms with E-state index in [-0.39, 0.29) is 0 Å². The third-order valence-corrected chi connectivity index (χ3v) is 4.07. The number of hydrogen-bond acceptors (Lipinski definition) is 3. The van der Waals surface area contributed by atoms with Crippen molar-refractivity contribution in [2.45, 2.75) is 25.7 Å². The summed E-state index contributed by atoms with van der Waals surface area (Å²) >= 11 is 3.50. The fourth-order valence-corrected chi connectivity index (χ4v) is 2.23. The quantitative estimate of drug-likeness (QED) is 0.921. The zero-order chi connectivity index (χ0) is 12.7. The molecule has 0 bridgehead atoms. The Morgan fingerprint density at radius 1 is 1.22 bits per heavy atom. The standard InChI is InChI=1S/C14H14BrN3/c1-8-6-10(4-5-11(8)15)14-17-12(9-2-3-9)7-13(16)18-14/h4-7,9H,2-3H2,1H3,(H2,16,17,18). The molecule has 3 nitrogen and oxygen atoms in total. The van der Waals surface area contributed by atoms with Crippen molar-refractivity contribution in [2.75, 3.05) is 5.73 Å². The van der Waals surface area contributed by atoms with Gasteiger partial charge in [0.1, 0.15) is 5.82 Å². The van der Waals surface area contributed by atoms with Crippen molar-refractivity contribution in [1.29, 1.82) is 0 Å². The Hall–Kier alpha value is -1.42. The zero-order valence-electron chi connectivity index (χ0n) is 10.2. The molecule has 0 unspecified atom stereocenters. The molecule has 18 heavy (non-hydrogen) atoms. The van der Waals surface area contributed by atoms with Gasteiger partial charge in [0.25, 0.3) is 0 Å². The summed E-state index contributed by atoms with van der Waals surface area (Å²) in [4.78, 5) is 8.97. The molecular formula is C14H14BrN3. The average Bonchev–Trinajstić information content (AvgIpc) is 3.16. The van der Waals surface area contributed by atoms with Gasteiger partial charge in [-0.3, -0.25) is 0 Å². The van der Waals surface area contributed by atoms with E-state index in [9.17, 15) is 0 Å². The maximum absolute atomic E-state index is 5.87. The van der Waals surface area contributed by atoms with Gasteiger partial charge in [-0.15, -0.1) is 0 Å². The summed E-state index contributed by atoms with van der Waals surface area (Å²) in [7, 11) is 0. The molecule has 92 valence electrons. The monoisotopic (exact) mass is 303 g/mol. The highest BCUT2D eigenvalue weighted by atomic mass is 79.9. The molecule has 2 aromatic rings. The van der Waals surface area contributed by atoms with Crippen LogP contribution in [0.1, 0.15) is 30.0 Å². The Kier molecular flexibility index (Phi) is 2.82. The van der Waals surface area contributed by atoms with Gasteiger partial charge in [0.05, 0.1) is 0 Å². The molecular weight excluding hydrogens is 290 g/mol. The van der Waals surface area contributed by atoms with Crippen molar-refractivity contribution >= 4 is 21.7 Å². The first-order valence-corrected chi connectivity index (χ1v) is 6.84. The molecule has 1 aromatic carbocycles. The second kappa shape index (κ2) is 4.35. The van der Waals surface area contributed by atoms with E-state index in [1.807, 2.05) is 18.2 Å². The van der Waals surface area contributed by atoms with Crippen molar-refractivity contribution in [1.82, 2.24) is 9.97 Å². The molecule has 0 atom stereocenters. The predicted octanol–water partition coefficient (Wildman–Crippen LogP) is 3.67. The fourth-order valence-electron chi connectivity index (χ4n) is 1.99. The van der Waals surface area contributed by atoms with Crippen molar-refractivity contribution < 1.29 is 0 Å². The first-order chi connectivity index (χ1) is 8.63. The van der Waals surface area contributed by atoms with Crippen LogP contribution in [0, 0.1) is 6.92 Å². The molecule has 3 rings (SSSR count). The summed E-state index contributed by atoms with van der Waals surface area (Å²) in [5, 5.41) is 0. The van der Waals surface area contributed by atoms with E-state index in [1.165, 1.54) is 18.4 Å². The molecule has 2 N–H and O–H groups in total. The molecule has 1 aliphatic rings. The summed E-state index contributed by atoms with van der Waals surface area (Å²) in [6.45, 7) is 2.06. The second-order valence-electron chi connectivity index (χ2n) is 4.78. The zero-order valence-corrected chi connectivity index (χ0v) is 11.7. The van der Waals surface area contributed by atoms with E-state index in [0.717, 1.165) is 21.6 Å². The van der Waals surface area contributed by atoms with E-state index < -0.39 is 0 Å². The number of benzene rings is 1. The van der Waals surface area contributed by atoms with E-state index in [1.54, 1.807) is 0 Å². The fraction of sp³-hybridized carbons (Fsp3) is 0.286. The summed E-state index contributed by atoms with van der Waals surface area (Å²) in [5.41, 5.74) is 9.14. The van der Waals surface area contributed by atoms with Gasteiger partial charge in [0.15, 0.2) is 5.82 Å². The number of halogens is 1. The van der Waals surface area contributed by atoms with Gasteiger partial charge in [-0.2, -0.15) is 0 Å². The molecule has 0 saturated heterocycles. The van der Waals surface area contributed by atoms with E-state index in [0.29, 0.717) is 11.7 Å². The molecule has 1 saturated carbocycles. The van der Waals surface area contributed by atoms with Gasteiger partial charge in [0, 0.05) is 27.7 Å². The first-order valence-electron chi connectivity index (χ1n) is 6.04. The number of nitrogen functional groups attached to an aromatic ring is 1. The highest BCUT2D eigenvalue weighted by Crippen LogP contribution is 2.40. The molecule has 1 heterocycles. The molecule has 1 fully saturated rings. The highest BCUT2D eigenvalue weighted by molar-refractivity contribution is 9.10. The number of aromatic nitrogens is 2. The van der Waals surface area contributed by atoms with Crippen LogP contribution in [-0.2, 0) is 0 Å². The largest absolute Gasteiger partial charge is 0.384 e. The van der Waals surface area contributed by atoms with E-state index in [4.69, 9.17) is 5.73 Å². The topological polar surface area (TPSA) is 51.8 Å². The Labute approximate surface area is 115 Å². The van der Waals surface area contributed by atoms with Crippen LogP contribution in [0.25, 0.3) is 11.4 Å². The van der Waals surface area contributed by atoms with Crippen LogP contribution in [0.15, 0.2) is 28.7 Å². The van der Waals surface area contributed by atoms with Crippen molar-refractivity contribution in [3.63, 3.8) is 0 Å². The minimum atomic E-state index is 0.558. The smallest absolute Gasteiger partial charge is 0.161 e. The lowest BCUT2D eigenvalue weighted by Crippen LogP contribution is -1.99. The van der Waals surface area contributed by atoms with Gasteiger partial charge >= 0.3 is 0 Å². The van der Waals surface area contributed by atoms with E-state index in [2.05, 4.69) is 38.9 Å². The van der Waals surface area contributed by atoms with Crippen LogP contribution >= 0.6 is 15.9 Å². The third kappa shape index (κ3) is 2.25. The molecule has 0 amide bonds. The van der Waals surface area contributed by atoms with Crippen LogP contribution < -0.4 is 5.73 Å². The average molecular weight is 304 g/mol. The molecule has 4 heteroatoms. The van der Waals surface area contributed by atoms with Crippen molar-refractivity contribution in [3.05, 3.63) is 40.0 Å². The molecule has 1 aliphatic carbocycles. The van der Waals surface area contributed by atoms with Crippen LogP contribution in [0.2, 0.25) is 0 Å².